The lowest BCUT2D eigenvalue weighted by atomic mass is 10.0. The maximum atomic E-state index is 13.5. The highest BCUT2D eigenvalue weighted by Gasteiger charge is 2.06. The monoisotopic (exact) mass is 264 g/mol. The molecule has 2 aromatic rings. The zero-order valence-electron chi connectivity index (χ0n) is 9.36. The van der Waals surface area contributed by atoms with Crippen LogP contribution in [0.4, 0.5) is 4.39 Å². The molecule has 0 radical (unpaired) electrons. The van der Waals surface area contributed by atoms with Crippen molar-refractivity contribution in [1.82, 2.24) is 0 Å². The van der Waals surface area contributed by atoms with Crippen molar-refractivity contribution in [3.63, 3.8) is 0 Å². The number of hydrogen-bond acceptors (Lipinski definition) is 1. The molecule has 0 fully saturated rings. The molecule has 2 nitrogen and oxygen atoms in total. The van der Waals surface area contributed by atoms with Crippen LogP contribution in [0.5, 0.6) is 0 Å². The Morgan fingerprint density at radius 3 is 2.44 bits per heavy atom. The van der Waals surface area contributed by atoms with Gasteiger partial charge >= 0.3 is 5.97 Å². The Morgan fingerprint density at radius 2 is 1.83 bits per heavy atom. The van der Waals surface area contributed by atoms with E-state index in [0.29, 0.717) is 17.0 Å². The quantitative estimate of drug-likeness (QED) is 0.916. The molecule has 0 spiro atoms. The fourth-order valence-electron chi connectivity index (χ4n) is 1.66. The predicted molar refractivity (Wildman–Crippen MR) is 67.6 cm³/mol. The van der Waals surface area contributed by atoms with Crippen molar-refractivity contribution in [2.45, 2.75) is 6.42 Å². The molecule has 1 N–H and O–H groups in total. The van der Waals surface area contributed by atoms with Crippen molar-refractivity contribution in [2.24, 2.45) is 0 Å². The summed E-state index contributed by atoms with van der Waals surface area (Å²) in [6.07, 6.45) is 0.381. The van der Waals surface area contributed by atoms with E-state index in [1.54, 1.807) is 18.2 Å². The van der Waals surface area contributed by atoms with Crippen LogP contribution >= 0.6 is 11.6 Å². The van der Waals surface area contributed by atoms with Crippen molar-refractivity contribution in [3.8, 4) is 0 Å². The minimum atomic E-state index is -0.976. The van der Waals surface area contributed by atoms with Gasteiger partial charge in [-0.2, -0.15) is 0 Å². The van der Waals surface area contributed by atoms with E-state index in [4.69, 9.17) is 16.7 Å². The van der Waals surface area contributed by atoms with Crippen LogP contribution in [-0.4, -0.2) is 11.1 Å². The SMILES string of the molecule is O=C(O)c1ccc(Cc2cc(Cl)ccc2F)cc1. The Morgan fingerprint density at radius 1 is 1.17 bits per heavy atom. The third kappa shape index (κ3) is 2.87. The number of carboxylic acid groups (broad SMARTS) is 1. The van der Waals surface area contributed by atoms with Crippen LogP contribution < -0.4 is 0 Å². The number of aromatic carboxylic acids is 1. The van der Waals surface area contributed by atoms with E-state index in [0.717, 1.165) is 5.56 Å². The number of hydrogen-bond donors (Lipinski definition) is 1. The maximum absolute atomic E-state index is 13.5. The summed E-state index contributed by atoms with van der Waals surface area (Å²) in [6, 6.07) is 10.7. The summed E-state index contributed by atoms with van der Waals surface area (Å²) >= 11 is 5.81. The van der Waals surface area contributed by atoms with Gasteiger partial charge in [0.2, 0.25) is 0 Å². The number of carbonyl (C=O) groups is 1. The average molecular weight is 265 g/mol. The van der Waals surface area contributed by atoms with Crippen molar-refractivity contribution in [3.05, 3.63) is 70.0 Å². The standard InChI is InChI=1S/C14H10ClFO2/c15-12-5-6-13(16)11(8-12)7-9-1-3-10(4-2-9)14(17)18/h1-6,8H,7H2,(H,17,18). The molecule has 18 heavy (non-hydrogen) atoms. The fourth-order valence-corrected chi connectivity index (χ4v) is 1.86. The van der Waals surface area contributed by atoms with Gasteiger partial charge in [0.15, 0.2) is 0 Å². The normalized spacial score (nSPS) is 10.3. The average Bonchev–Trinajstić information content (AvgIpc) is 2.34. The molecule has 0 aliphatic rings. The molecule has 0 heterocycles. The van der Waals surface area contributed by atoms with Gasteiger partial charge in [-0.05, 0) is 41.5 Å². The van der Waals surface area contributed by atoms with Crippen LogP contribution in [0.15, 0.2) is 42.5 Å². The van der Waals surface area contributed by atoms with Gasteiger partial charge in [-0.3, -0.25) is 0 Å². The highest BCUT2D eigenvalue weighted by atomic mass is 35.5. The van der Waals surface area contributed by atoms with E-state index in [2.05, 4.69) is 0 Å². The highest BCUT2D eigenvalue weighted by Crippen LogP contribution is 2.18. The molecule has 2 aromatic carbocycles. The maximum Gasteiger partial charge on any atom is 0.335 e. The fraction of sp³-hybridized carbons (Fsp3) is 0.0714. The van der Waals surface area contributed by atoms with Crippen molar-refractivity contribution >= 4 is 17.6 Å². The minimum Gasteiger partial charge on any atom is -0.478 e. The summed E-state index contributed by atoms with van der Waals surface area (Å²) < 4.78 is 13.5. The second kappa shape index (κ2) is 5.19. The van der Waals surface area contributed by atoms with E-state index in [9.17, 15) is 9.18 Å². The molecule has 0 saturated carbocycles. The highest BCUT2D eigenvalue weighted by molar-refractivity contribution is 6.30. The van der Waals surface area contributed by atoms with E-state index in [1.165, 1.54) is 24.3 Å². The largest absolute Gasteiger partial charge is 0.478 e. The van der Waals surface area contributed by atoms with Crippen LogP contribution in [-0.2, 0) is 6.42 Å². The molecule has 0 aromatic heterocycles. The molecule has 0 bridgehead atoms. The molecular formula is C14H10ClFO2. The van der Waals surface area contributed by atoms with Crippen molar-refractivity contribution in [1.29, 1.82) is 0 Å². The second-order valence-electron chi connectivity index (χ2n) is 3.91. The van der Waals surface area contributed by atoms with E-state index >= 15 is 0 Å². The first kappa shape index (κ1) is 12.6. The van der Waals surface area contributed by atoms with Gasteiger partial charge in [-0.15, -0.1) is 0 Å². The first-order valence-corrected chi connectivity index (χ1v) is 5.70. The van der Waals surface area contributed by atoms with Crippen LogP contribution in [0, 0.1) is 5.82 Å². The molecule has 0 aliphatic carbocycles. The minimum absolute atomic E-state index is 0.213. The van der Waals surface area contributed by atoms with Crippen LogP contribution in [0.3, 0.4) is 0 Å². The Bertz CT molecular complexity index is 579. The van der Waals surface area contributed by atoms with Gasteiger partial charge in [-0.1, -0.05) is 23.7 Å². The summed E-state index contributed by atoms with van der Waals surface area (Å²) in [5.74, 6) is -1.29. The lowest BCUT2D eigenvalue weighted by molar-refractivity contribution is 0.0697. The lowest BCUT2D eigenvalue weighted by Crippen LogP contribution is -1.97. The van der Waals surface area contributed by atoms with Crippen molar-refractivity contribution < 1.29 is 14.3 Å². The van der Waals surface area contributed by atoms with Gasteiger partial charge in [0.25, 0.3) is 0 Å². The third-order valence-electron chi connectivity index (χ3n) is 2.60. The molecular weight excluding hydrogens is 255 g/mol. The topological polar surface area (TPSA) is 37.3 Å². The van der Waals surface area contributed by atoms with Crippen LogP contribution in [0.2, 0.25) is 5.02 Å². The molecule has 92 valence electrons. The number of halogens is 2. The molecule has 0 unspecified atom stereocenters. The summed E-state index contributed by atoms with van der Waals surface area (Å²) in [5.41, 5.74) is 1.54. The summed E-state index contributed by atoms with van der Waals surface area (Å²) in [6.45, 7) is 0. The van der Waals surface area contributed by atoms with Gasteiger partial charge < -0.3 is 5.11 Å². The van der Waals surface area contributed by atoms with E-state index in [1.807, 2.05) is 0 Å². The molecule has 2 rings (SSSR count). The number of rotatable bonds is 3. The van der Waals surface area contributed by atoms with Crippen LogP contribution in [0.1, 0.15) is 21.5 Å². The number of carboxylic acids is 1. The zero-order chi connectivity index (χ0) is 13.1. The van der Waals surface area contributed by atoms with E-state index in [-0.39, 0.29) is 11.4 Å². The Hall–Kier alpha value is -1.87. The smallest absolute Gasteiger partial charge is 0.335 e. The lowest BCUT2D eigenvalue weighted by Gasteiger charge is -2.04. The van der Waals surface area contributed by atoms with Gasteiger partial charge in [0.05, 0.1) is 5.56 Å². The first-order valence-electron chi connectivity index (χ1n) is 5.32. The molecule has 0 amide bonds. The summed E-state index contributed by atoms with van der Waals surface area (Å²) in [7, 11) is 0. The van der Waals surface area contributed by atoms with E-state index < -0.39 is 5.97 Å². The molecule has 4 heteroatoms. The second-order valence-corrected chi connectivity index (χ2v) is 4.35. The summed E-state index contributed by atoms with van der Waals surface area (Å²) in [5, 5.41) is 9.25. The predicted octanol–water partition coefficient (Wildman–Crippen LogP) is 3.77. The third-order valence-corrected chi connectivity index (χ3v) is 2.84. The van der Waals surface area contributed by atoms with Crippen molar-refractivity contribution in [2.75, 3.05) is 0 Å². The first-order chi connectivity index (χ1) is 8.56. The van der Waals surface area contributed by atoms with Gasteiger partial charge in [-0.25, -0.2) is 9.18 Å². The Kier molecular flexibility index (Phi) is 3.63. The number of benzene rings is 2. The zero-order valence-corrected chi connectivity index (χ0v) is 10.1. The van der Waals surface area contributed by atoms with Gasteiger partial charge in [0.1, 0.15) is 5.82 Å². The molecule has 0 saturated heterocycles. The molecule has 0 aliphatic heterocycles. The summed E-state index contributed by atoms with van der Waals surface area (Å²) in [4.78, 5) is 10.7. The molecule has 0 atom stereocenters. The van der Waals surface area contributed by atoms with Crippen LogP contribution in [0.25, 0.3) is 0 Å². The van der Waals surface area contributed by atoms with Gasteiger partial charge in [0, 0.05) is 11.4 Å². The Labute approximate surface area is 109 Å². The Balaban J connectivity index is 2.23.